The van der Waals surface area contributed by atoms with Crippen molar-refractivity contribution in [3.8, 4) is 0 Å². The molecule has 6 nitrogen and oxygen atoms in total. The van der Waals surface area contributed by atoms with Crippen LogP contribution >= 0.6 is 0 Å². The van der Waals surface area contributed by atoms with Crippen molar-refractivity contribution in [3.63, 3.8) is 0 Å². The largest absolute Gasteiger partial charge is 0.481 e. The van der Waals surface area contributed by atoms with E-state index in [1.54, 1.807) is 0 Å². The van der Waals surface area contributed by atoms with Crippen molar-refractivity contribution in [3.05, 3.63) is 42.1 Å². The van der Waals surface area contributed by atoms with Crippen LogP contribution in [0.25, 0.3) is 10.9 Å². The minimum Gasteiger partial charge on any atom is -0.481 e. The van der Waals surface area contributed by atoms with Crippen LogP contribution in [0.1, 0.15) is 71.8 Å². The molecule has 1 aliphatic rings. The van der Waals surface area contributed by atoms with Gasteiger partial charge in [0, 0.05) is 31.6 Å². The molecule has 1 aromatic carbocycles. The van der Waals surface area contributed by atoms with Crippen LogP contribution < -0.4 is 0 Å². The SMILES string of the molecule is CC(=O)O.CCC(CC1CCN(C(=O)OC(C)(C)C)CC1)c1cnc2ccccc2c1. The third kappa shape index (κ3) is 8.19. The third-order valence-electron chi connectivity index (χ3n) is 5.46. The molecule has 6 heteroatoms. The number of piperidine rings is 1. The fourth-order valence-corrected chi connectivity index (χ4v) is 3.93. The Bertz CT molecular complexity index is 863. The van der Waals surface area contributed by atoms with Gasteiger partial charge in [-0.1, -0.05) is 25.1 Å². The summed E-state index contributed by atoms with van der Waals surface area (Å²) in [6.45, 7) is 10.7. The Morgan fingerprint density at radius 1 is 1.23 bits per heavy atom. The quantitative estimate of drug-likeness (QED) is 0.660. The standard InChI is InChI=1S/C23H32N2O2.C2H4O2/c1-5-18(20-15-19-8-6-7-9-21(19)24-16-20)14-17-10-12-25(13-11-17)22(26)27-23(2,3)4;1-2(3)4/h6-9,15-18H,5,10-14H2,1-4H3;1H3,(H,3,4). The topological polar surface area (TPSA) is 79.7 Å². The van der Waals surface area contributed by atoms with Gasteiger partial charge in [-0.2, -0.15) is 0 Å². The number of benzene rings is 1. The zero-order valence-electron chi connectivity index (χ0n) is 19.4. The Hall–Kier alpha value is -2.63. The molecule has 1 unspecified atom stereocenters. The first-order valence-corrected chi connectivity index (χ1v) is 11.1. The van der Waals surface area contributed by atoms with Gasteiger partial charge in [0.25, 0.3) is 5.97 Å². The molecule has 1 fully saturated rings. The molecular weight excluding hydrogens is 392 g/mol. The summed E-state index contributed by atoms with van der Waals surface area (Å²) in [6, 6.07) is 10.6. The Morgan fingerprint density at radius 3 is 2.42 bits per heavy atom. The second-order valence-corrected chi connectivity index (χ2v) is 9.23. The van der Waals surface area contributed by atoms with Crippen LogP contribution in [0.5, 0.6) is 0 Å². The van der Waals surface area contributed by atoms with Crippen molar-refractivity contribution >= 4 is 23.0 Å². The number of fused-ring (bicyclic) bond motifs is 1. The highest BCUT2D eigenvalue weighted by Crippen LogP contribution is 2.33. The summed E-state index contributed by atoms with van der Waals surface area (Å²) in [5.74, 6) is 0.347. The molecule has 1 aliphatic heterocycles. The van der Waals surface area contributed by atoms with E-state index in [1.807, 2.05) is 37.9 Å². The monoisotopic (exact) mass is 428 g/mol. The van der Waals surface area contributed by atoms with Crippen molar-refractivity contribution in [1.29, 1.82) is 0 Å². The maximum Gasteiger partial charge on any atom is 0.410 e. The highest BCUT2D eigenvalue weighted by atomic mass is 16.6. The van der Waals surface area contributed by atoms with Crippen LogP contribution in [-0.2, 0) is 9.53 Å². The van der Waals surface area contributed by atoms with Crippen LogP contribution in [0.4, 0.5) is 4.79 Å². The molecule has 0 bridgehead atoms. The zero-order valence-corrected chi connectivity index (χ0v) is 19.4. The minimum atomic E-state index is -0.833. The van der Waals surface area contributed by atoms with Crippen LogP contribution in [-0.4, -0.2) is 45.7 Å². The summed E-state index contributed by atoms with van der Waals surface area (Å²) in [6.07, 6.45) is 6.26. The lowest BCUT2D eigenvalue weighted by Crippen LogP contribution is -2.41. The predicted octanol–water partition coefficient (Wildman–Crippen LogP) is 5.86. The van der Waals surface area contributed by atoms with E-state index in [1.165, 1.54) is 17.4 Å². The number of carboxylic acid groups (broad SMARTS) is 1. The summed E-state index contributed by atoms with van der Waals surface area (Å²) in [4.78, 5) is 27.7. The van der Waals surface area contributed by atoms with Gasteiger partial charge in [0.05, 0.1) is 5.52 Å². The lowest BCUT2D eigenvalue weighted by atomic mass is 9.83. The van der Waals surface area contributed by atoms with E-state index in [2.05, 4.69) is 36.2 Å². The summed E-state index contributed by atoms with van der Waals surface area (Å²) in [7, 11) is 0. The van der Waals surface area contributed by atoms with Crippen molar-refractivity contribution < 1.29 is 19.4 Å². The van der Waals surface area contributed by atoms with Crippen LogP contribution in [0.15, 0.2) is 36.5 Å². The van der Waals surface area contributed by atoms with Crippen molar-refractivity contribution in [2.24, 2.45) is 5.92 Å². The van der Waals surface area contributed by atoms with Crippen LogP contribution in [0, 0.1) is 5.92 Å². The number of pyridine rings is 1. The molecule has 1 aromatic heterocycles. The average molecular weight is 429 g/mol. The fraction of sp³-hybridized carbons (Fsp3) is 0.560. The number of ether oxygens (including phenoxy) is 1. The van der Waals surface area contributed by atoms with Crippen molar-refractivity contribution in [2.75, 3.05) is 13.1 Å². The van der Waals surface area contributed by atoms with Gasteiger partial charge >= 0.3 is 6.09 Å². The van der Waals surface area contributed by atoms with E-state index in [0.717, 1.165) is 44.8 Å². The van der Waals surface area contributed by atoms with E-state index >= 15 is 0 Å². The minimum absolute atomic E-state index is 0.174. The number of rotatable bonds is 4. The molecule has 2 heterocycles. The molecule has 0 radical (unpaired) electrons. The molecule has 0 spiro atoms. The predicted molar refractivity (Wildman–Crippen MR) is 123 cm³/mol. The number of likely N-dealkylation sites (tertiary alicyclic amines) is 1. The van der Waals surface area contributed by atoms with Crippen molar-refractivity contribution in [2.45, 2.75) is 71.8 Å². The highest BCUT2D eigenvalue weighted by molar-refractivity contribution is 5.78. The van der Waals surface area contributed by atoms with Crippen LogP contribution in [0.3, 0.4) is 0 Å². The Kier molecular flexibility index (Phi) is 8.84. The maximum absolute atomic E-state index is 12.2. The second-order valence-electron chi connectivity index (χ2n) is 9.23. The lowest BCUT2D eigenvalue weighted by molar-refractivity contribution is -0.134. The van der Waals surface area contributed by atoms with E-state index in [9.17, 15) is 4.79 Å². The molecule has 2 aromatic rings. The van der Waals surface area contributed by atoms with Gasteiger partial charge in [0.1, 0.15) is 5.60 Å². The summed E-state index contributed by atoms with van der Waals surface area (Å²) in [5.41, 5.74) is 1.97. The van der Waals surface area contributed by atoms with E-state index in [4.69, 9.17) is 14.6 Å². The number of aliphatic carboxylic acids is 1. The van der Waals surface area contributed by atoms with Gasteiger partial charge in [0.15, 0.2) is 0 Å². The molecule has 1 N–H and O–H groups in total. The average Bonchev–Trinajstić information content (AvgIpc) is 2.70. The smallest absolute Gasteiger partial charge is 0.410 e. The summed E-state index contributed by atoms with van der Waals surface area (Å²) >= 11 is 0. The maximum atomic E-state index is 12.2. The molecule has 1 saturated heterocycles. The Labute approximate surface area is 185 Å². The van der Waals surface area contributed by atoms with E-state index in [-0.39, 0.29) is 6.09 Å². The molecule has 170 valence electrons. The second kappa shape index (κ2) is 11.1. The van der Waals surface area contributed by atoms with Crippen molar-refractivity contribution in [1.82, 2.24) is 9.88 Å². The number of aromatic nitrogens is 1. The van der Waals surface area contributed by atoms with E-state index in [0.29, 0.717) is 11.8 Å². The zero-order chi connectivity index (χ0) is 23.0. The van der Waals surface area contributed by atoms with Gasteiger partial charge in [-0.25, -0.2) is 4.79 Å². The van der Waals surface area contributed by atoms with Gasteiger partial charge in [-0.15, -0.1) is 0 Å². The highest BCUT2D eigenvalue weighted by Gasteiger charge is 2.28. The molecular formula is C25H36N2O4. The molecule has 1 amide bonds. The molecule has 31 heavy (non-hydrogen) atoms. The van der Waals surface area contributed by atoms with Gasteiger partial charge in [0.2, 0.25) is 0 Å². The number of carbonyl (C=O) groups excluding carboxylic acids is 1. The number of carbonyl (C=O) groups is 2. The fourth-order valence-electron chi connectivity index (χ4n) is 3.93. The number of hydrogen-bond acceptors (Lipinski definition) is 4. The number of hydrogen-bond donors (Lipinski definition) is 1. The first kappa shape index (κ1) is 24.6. The molecule has 0 saturated carbocycles. The molecule has 3 rings (SSSR count). The van der Waals surface area contributed by atoms with Gasteiger partial charge in [-0.05, 0) is 76.0 Å². The third-order valence-corrected chi connectivity index (χ3v) is 5.46. The Balaban J connectivity index is 0.000000785. The number of para-hydroxylation sites is 1. The normalized spacial score (nSPS) is 15.7. The first-order chi connectivity index (χ1) is 14.6. The van der Waals surface area contributed by atoms with Gasteiger partial charge < -0.3 is 14.7 Å². The number of nitrogens with zero attached hydrogens (tertiary/aromatic N) is 2. The molecule has 0 aliphatic carbocycles. The number of amides is 1. The molecule has 1 atom stereocenters. The Morgan fingerprint density at radius 2 is 1.84 bits per heavy atom. The number of carboxylic acids is 1. The first-order valence-electron chi connectivity index (χ1n) is 11.1. The van der Waals surface area contributed by atoms with Crippen LogP contribution in [0.2, 0.25) is 0 Å². The van der Waals surface area contributed by atoms with E-state index < -0.39 is 11.6 Å². The van der Waals surface area contributed by atoms with Gasteiger partial charge in [-0.3, -0.25) is 9.78 Å². The summed E-state index contributed by atoms with van der Waals surface area (Å²) in [5, 5.41) is 8.63. The summed E-state index contributed by atoms with van der Waals surface area (Å²) < 4.78 is 5.50. The lowest BCUT2D eigenvalue weighted by Gasteiger charge is -2.34.